The summed E-state index contributed by atoms with van der Waals surface area (Å²) in [5, 5.41) is 2.79. The van der Waals surface area contributed by atoms with Crippen molar-refractivity contribution in [3.8, 4) is 0 Å². The predicted molar refractivity (Wildman–Crippen MR) is 82.4 cm³/mol. The molecule has 0 radical (unpaired) electrons. The molecule has 1 aromatic rings. The van der Waals surface area contributed by atoms with Gasteiger partial charge in [0.25, 0.3) is 0 Å². The monoisotopic (exact) mass is 275 g/mol. The molecule has 0 saturated carbocycles. The van der Waals surface area contributed by atoms with Gasteiger partial charge in [-0.15, -0.1) is 0 Å². The topological polar surface area (TPSA) is 58.4 Å². The lowest BCUT2D eigenvalue weighted by Crippen LogP contribution is -2.52. The summed E-state index contributed by atoms with van der Waals surface area (Å²) >= 11 is 0. The Hall–Kier alpha value is -1.39. The van der Waals surface area contributed by atoms with E-state index in [0.717, 1.165) is 31.7 Å². The van der Waals surface area contributed by atoms with Gasteiger partial charge in [-0.05, 0) is 29.5 Å². The fourth-order valence-corrected chi connectivity index (χ4v) is 2.77. The minimum atomic E-state index is -0.0375. The van der Waals surface area contributed by atoms with E-state index < -0.39 is 0 Å². The van der Waals surface area contributed by atoms with Gasteiger partial charge >= 0.3 is 0 Å². The molecule has 1 aliphatic heterocycles. The van der Waals surface area contributed by atoms with Gasteiger partial charge in [0, 0.05) is 38.3 Å². The molecule has 1 saturated heterocycles. The van der Waals surface area contributed by atoms with Crippen LogP contribution in [0.2, 0.25) is 0 Å². The van der Waals surface area contributed by atoms with Crippen LogP contribution in [0.15, 0.2) is 24.3 Å². The highest BCUT2D eigenvalue weighted by atomic mass is 16.1. The summed E-state index contributed by atoms with van der Waals surface area (Å²) in [4.78, 5) is 13.4. The van der Waals surface area contributed by atoms with E-state index in [0.29, 0.717) is 6.04 Å². The molecular weight excluding hydrogens is 250 g/mol. The third-order valence-electron chi connectivity index (χ3n) is 4.07. The minimum absolute atomic E-state index is 0.0375. The first-order chi connectivity index (χ1) is 9.37. The van der Waals surface area contributed by atoms with Gasteiger partial charge < -0.3 is 11.1 Å². The van der Waals surface area contributed by atoms with Crippen molar-refractivity contribution in [2.24, 2.45) is 11.1 Å². The van der Waals surface area contributed by atoms with Crippen LogP contribution >= 0.6 is 0 Å². The molecule has 110 valence electrons. The number of carbonyl (C=O) groups is 1. The number of piperidine rings is 1. The second kappa shape index (κ2) is 5.94. The van der Waals surface area contributed by atoms with Gasteiger partial charge in [-0.1, -0.05) is 26.0 Å². The summed E-state index contributed by atoms with van der Waals surface area (Å²) in [7, 11) is 0. The zero-order chi connectivity index (χ0) is 14.8. The summed E-state index contributed by atoms with van der Waals surface area (Å²) < 4.78 is 0. The first kappa shape index (κ1) is 15.0. The molecule has 0 aliphatic carbocycles. The first-order valence-electron chi connectivity index (χ1n) is 7.21. The van der Waals surface area contributed by atoms with Crippen LogP contribution in [0.4, 0.5) is 5.69 Å². The smallest absolute Gasteiger partial charge is 0.221 e. The van der Waals surface area contributed by atoms with Gasteiger partial charge in [-0.3, -0.25) is 9.69 Å². The Morgan fingerprint density at radius 1 is 1.40 bits per heavy atom. The molecule has 1 aliphatic rings. The van der Waals surface area contributed by atoms with E-state index in [9.17, 15) is 4.79 Å². The molecule has 1 fully saturated rings. The molecule has 4 heteroatoms. The third-order valence-corrected chi connectivity index (χ3v) is 4.07. The van der Waals surface area contributed by atoms with Crippen molar-refractivity contribution in [3.05, 3.63) is 29.8 Å². The molecule has 0 bridgehead atoms. The van der Waals surface area contributed by atoms with Crippen LogP contribution in [-0.2, 0) is 11.3 Å². The maximum absolute atomic E-state index is 11.0. The van der Waals surface area contributed by atoms with E-state index in [1.807, 2.05) is 12.1 Å². The molecule has 20 heavy (non-hydrogen) atoms. The van der Waals surface area contributed by atoms with Crippen molar-refractivity contribution < 1.29 is 4.79 Å². The Labute approximate surface area is 121 Å². The zero-order valence-corrected chi connectivity index (χ0v) is 12.6. The van der Waals surface area contributed by atoms with Crippen LogP contribution in [0.5, 0.6) is 0 Å². The molecule has 0 aromatic heterocycles. The Bertz CT molecular complexity index is 467. The van der Waals surface area contributed by atoms with E-state index >= 15 is 0 Å². The molecule has 2 rings (SSSR count). The average Bonchev–Trinajstić information content (AvgIpc) is 2.35. The number of nitrogens with one attached hydrogen (secondary N) is 1. The van der Waals surface area contributed by atoms with Crippen molar-refractivity contribution in [2.75, 3.05) is 18.4 Å². The summed E-state index contributed by atoms with van der Waals surface area (Å²) in [6.07, 6.45) is 1.05. The van der Waals surface area contributed by atoms with Crippen molar-refractivity contribution in [2.45, 2.75) is 39.8 Å². The molecule has 3 N–H and O–H groups in total. The van der Waals surface area contributed by atoms with Crippen molar-refractivity contribution in [1.29, 1.82) is 0 Å². The number of nitrogens with two attached hydrogens (primary N) is 1. The summed E-state index contributed by atoms with van der Waals surface area (Å²) in [5.41, 5.74) is 8.46. The molecule has 1 unspecified atom stereocenters. The molecule has 1 atom stereocenters. The Kier molecular flexibility index (Phi) is 4.45. The third kappa shape index (κ3) is 3.81. The number of nitrogens with zero attached hydrogens (tertiary/aromatic N) is 1. The number of benzene rings is 1. The van der Waals surface area contributed by atoms with Gasteiger partial charge in [0.05, 0.1) is 0 Å². The molecule has 1 aromatic carbocycles. The second-order valence-corrected chi connectivity index (χ2v) is 6.47. The lowest BCUT2D eigenvalue weighted by Gasteiger charge is -2.42. The van der Waals surface area contributed by atoms with Crippen LogP contribution in [0.3, 0.4) is 0 Å². The molecule has 0 spiro atoms. The number of amides is 1. The zero-order valence-electron chi connectivity index (χ0n) is 12.6. The summed E-state index contributed by atoms with van der Waals surface area (Å²) in [5.74, 6) is -0.0375. The van der Waals surface area contributed by atoms with Gasteiger partial charge in [0.15, 0.2) is 0 Å². The number of hydrogen-bond donors (Lipinski definition) is 2. The lowest BCUT2D eigenvalue weighted by atomic mass is 9.79. The fraction of sp³-hybridized carbons (Fsp3) is 0.562. The van der Waals surface area contributed by atoms with Crippen LogP contribution in [0, 0.1) is 5.41 Å². The number of anilines is 1. The number of likely N-dealkylation sites (tertiary alicyclic amines) is 1. The van der Waals surface area contributed by atoms with Crippen LogP contribution in [0.25, 0.3) is 0 Å². The van der Waals surface area contributed by atoms with E-state index in [2.05, 4.69) is 36.2 Å². The van der Waals surface area contributed by atoms with E-state index in [4.69, 9.17) is 5.73 Å². The van der Waals surface area contributed by atoms with Gasteiger partial charge in [0.1, 0.15) is 0 Å². The lowest BCUT2D eigenvalue weighted by molar-refractivity contribution is -0.114. The van der Waals surface area contributed by atoms with Crippen molar-refractivity contribution in [3.63, 3.8) is 0 Å². The van der Waals surface area contributed by atoms with Gasteiger partial charge in [0.2, 0.25) is 5.91 Å². The van der Waals surface area contributed by atoms with Gasteiger partial charge in [-0.25, -0.2) is 0 Å². The summed E-state index contributed by atoms with van der Waals surface area (Å²) in [6.45, 7) is 9.02. The molecule has 1 amide bonds. The highest BCUT2D eigenvalue weighted by Crippen LogP contribution is 2.28. The molecular formula is C16H25N3O. The fourth-order valence-electron chi connectivity index (χ4n) is 2.77. The normalized spacial score (nSPS) is 22.5. The Morgan fingerprint density at radius 3 is 2.60 bits per heavy atom. The predicted octanol–water partition coefficient (Wildman–Crippen LogP) is 2.20. The van der Waals surface area contributed by atoms with Gasteiger partial charge in [-0.2, -0.15) is 0 Å². The Balaban J connectivity index is 1.95. The second-order valence-electron chi connectivity index (χ2n) is 6.47. The average molecular weight is 275 g/mol. The largest absolute Gasteiger partial charge is 0.327 e. The van der Waals surface area contributed by atoms with Crippen molar-refractivity contribution >= 4 is 11.6 Å². The highest BCUT2D eigenvalue weighted by molar-refractivity contribution is 5.88. The maximum atomic E-state index is 11.0. The SMILES string of the molecule is CC(=O)Nc1ccc(CN2CCC(N)C(C)(C)C2)cc1. The van der Waals surface area contributed by atoms with Crippen molar-refractivity contribution in [1.82, 2.24) is 4.90 Å². The van der Waals surface area contributed by atoms with Crippen LogP contribution in [0.1, 0.15) is 32.8 Å². The molecule has 4 nitrogen and oxygen atoms in total. The number of rotatable bonds is 3. The Morgan fingerprint density at radius 2 is 2.05 bits per heavy atom. The van der Waals surface area contributed by atoms with E-state index in [-0.39, 0.29) is 11.3 Å². The quantitative estimate of drug-likeness (QED) is 0.889. The van der Waals surface area contributed by atoms with E-state index in [1.165, 1.54) is 12.5 Å². The molecule has 1 heterocycles. The minimum Gasteiger partial charge on any atom is -0.327 e. The van der Waals surface area contributed by atoms with Crippen LogP contribution < -0.4 is 11.1 Å². The summed E-state index contributed by atoms with van der Waals surface area (Å²) in [6, 6.07) is 8.36. The number of hydrogen-bond acceptors (Lipinski definition) is 3. The number of carbonyl (C=O) groups excluding carboxylic acids is 1. The highest BCUT2D eigenvalue weighted by Gasteiger charge is 2.33. The standard InChI is InChI=1S/C16H25N3O/c1-12(20)18-14-6-4-13(5-7-14)10-19-9-8-15(17)16(2,3)11-19/h4-7,15H,8-11,17H2,1-3H3,(H,18,20). The van der Waals surface area contributed by atoms with Crippen LogP contribution in [-0.4, -0.2) is 29.9 Å². The first-order valence-corrected chi connectivity index (χ1v) is 7.21. The maximum Gasteiger partial charge on any atom is 0.221 e. The van der Waals surface area contributed by atoms with E-state index in [1.54, 1.807) is 0 Å².